The molecule has 0 aromatic heterocycles. The van der Waals surface area contributed by atoms with Crippen LogP contribution in [0.3, 0.4) is 0 Å². The van der Waals surface area contributed by atoms with E-state index in [1.165, 1.54) is 5.70 Å². The summed E-state index contributed by atoms with van der Waals surface area (Å²) in [7, 11) is 0. The Kier molecular flexibility index (Phi) is 3.60. The van der Waals surface area contributed by atoms with E-state index in [1.807, 2.05) is 24.3 Å². The summed E-state index contributed by atoms with van der Waals surface area (Å²) in [6.45, 7) is 6.21. The third kappa shape index (κ3) is 2.30. The van der Waals surface area contributed by atoms with E-state index in [0.29, 0.717) is 11.3 Å². The van der Waals surface area contributed by atoms with Crippen LogP contribution in [0.5, 0.6) is 0 Å². The number of aliphatic imine (C=N–C) groups is 1. The smallest absolute Gasteiger partial charge is 0.190 e. The van der Waals surface area contributed by atoms with Crippen molar-refractivity contribution in [2.24, 2.45) is 4.99 Å². The fourth-order valence-electron chi connectivity index (χ4n) is 3.47. The molecule has 3 aliphatic rings. The van der Waals surface area contributed by atoms with Crippen molar-refractivity contribution in [2.75, 3.05) is 13.1 Å². The fourth-order valence-corrected chi connectivity index (χ4v) is 3.47. The van der Waals surface area contributed by atoms with Crippen molar-refractivity contribution in [1.82, 2.24) is 4.90 Å². The van der Waals surface area contributed by atoms with Gasteiger partial charge in [-0.05, 0) is 20.3 Å². The van der Waals surface area contributed by atoms with Gasteiger partial charge in [0, 0.05) is 42.1 Å². The van der Waals surface area contributed by atoms with Gasteiger partial charge < -0.3 is 9.64 Å². The van der Waals surface area contributed by atoms with E-state index in [4.69, 9.17) is 9.73 Å². The molecule has 0 saturated heterocycles. The van der Waals surface area contributed by atoms with Crippen molar-refractivity contribution in [1.29, 1.82) is 0 Å². The first-order valence-corrected chi connectivity index (χ1v) is 8.49. The number of hydrogen-bond donors (Lipinski definition) is 0. The quantitative estimate of drug-likeness (QED) is 0.856. The summed E-state index contributed by atoms with van der Waals surface area (Å²) in [4.78, 5) is 19.5. The molecule has 24 heavy (non-hydrogen) atoms. The average molecular weight is 320 g/mol. The van der Waals surface area contributed by atoms with Crippen molar-refractivity contribution in [3.05, 3.63) is 70.8 Å². The zero-order valence-corrected chi connectivity index (χ0v) is 14.0. The highest BCUT2D eigenvalue weighted by atomic mass is 16.5. The Bertz CT molecular complexity index is 826. The molecule has 0 bridgehead atoms. The van der Waals surface area contributed by atoms with Crippen LogP contribution in [0.1, 0.15) is 36.2 Å². The lowest BCUT2D eigenvalue weighted by Gasteiger charge is -2.32. The third-order valence-electron chi connectivity index (χ3n) is 4.75. The summed E-state index contributed by atoms with van der Waals surface area (Å²) in [5.74, 6) is 1.39. The summed E-state index contributed by atoms with van der Waals surface area (Å²) in [6, 6.07) is 7.60. The van der Waals surface area contributed by atoms with Crippen LogP contribution in [-0.4, -0.2) is 35.5 Å². The average Bonchev–Trinajstić information content (AvgIpc) is 2.62. The molecule has 1 heterocycles. The molecule has 0 spiro atoms. The van der Waals surface area contributed by atoms with Gasteiger partial charge in [0.05, 0.1) is 0 Å². The molecule has 0 radical (unpaired) electrons. The maximum Gasteiger partial charge on any atom is 0.190 e. The van der Waals surface area contributed by atoms with Gasteiger partial charge in [-0.25, -0.2) is 0 Å². The maximum atomic E-state index is 12.3. The number of ketones is 1. The third-order valence-corrected chi connectivity index (χ3v) is 4.75. The summed E-state index contributed by atoms with van der Waals surface area (Å²) >= 11 is 0. The van der Waals surface area contributed by atoms with Gasteiger partial charge in [0.1, 0.15) is 17.5 Å². The van der Waals surface area contributed by atoms with Crippen LogP contribution >= 0.6 is 0 Å². The second-order valence-electron chi connectivity index (χ2n) is 6.10. The molecular formula is C20H20N2O2. The van der Waals surface area contributed by atoms with Crippen LogP contribution in [0.4, 0.5) is 0 Å². The van der Waals surface area contributed by atoms with Crippen LogP contribution in [-0.2, 0) is 4.74 Å². The van der Waals surface area contributed by atoms with Gasteiger partial charge in [-0.3, -0.25) is 9.79 Å². The van der Waals surface area contributed by atoms with Gasteiger partial charge in [-0.2, -0.15) is 0 Å². The van der Waals surface area contributed by atoms with E-state index in [0.717, 1.165) is 36.5 Å². The normalized spacial score (nSPS) is 21.2. The first-order valence-electron chi connectivity index (χ1n) is 8.49. The van der Waals surface area contributed by atoms with Gasteiger partial charge in [-0.15, -0.1) is 0 Å². The summed E-state index contributed by atoms with van der Waals surface area (Å²) < 4.78 is 6.09. The molecule has 0 N–H and O–H groups in total. The number of fused-ring (bicyclic) bond motifs is 4. The molecule has 4 heteroatoms. The monoisotopic (exact) mass is 320 g/mol. The van der Waals surface area contributed by atoms with Crippen molar-refractivity contribution < 1.29 is 9.53 Å². The van der Waals surface area contributed by atoms with Crippen LogP contribution in [0.25, 0.3) is 0 Å². The minimum Gasteiger partial charge on any atom is -0.457 e. The number of likely N-dealkylation sites (N-methyl/N-ethyl adjacent to an activating group) is 1. The van der Waals surface area contributed by atoms with Crippen LogP contribution in [0.2, 0.25) is 0 Å². The molecule has 0 unspecified atom stereocenters. The first kappa shape index (κ1) is 14.9. The number of nitrogens with zero attached hydrogens (tertiary/aromatic N) is 2. The second-order valence-corrected chi connectivity index (χ2v) is 6.10. The Balaban J connectivity index is 1.73. The maximum absolute atomic E-state index is 12.3. The van der Waals surface area contributed by atoms with Crippen molar-refractivity contribution in [3.8, 4) is 0 Å². The summed E-state index contributed by atoms with van der Waals surface area (Å²) in [5, 5.41) is 0. The van der Waals surface area contributed by atoms with Crippen LogP contribution in [0, 0.1) is 0 Å². The van der Waals surface area contributed by atoms with Gasteiger partial charge >= 0.3 is 0 Å². The summed E-state index contributed by atoms with van der Waals surface area (Å²) in [6.07, 6.45) is 6.68. The lowest BCUT2D eigenvalue weighted by Crippen LogP contribution is -2.31. The zero-order valence-electron chi connectivity index (χ0n) is 14.0. The Hall–Kier alpha value is -2.62. The number of ether oxygens (including phenoxy) is 1. The highest BCUT2D eigenvalue weighted by Gasteiger charge is 2.33. The Labute approximate surface area is 141 Å². The molecule has 0 fully saturated rings. The van der Waals surface area contributed by atoms with E-state index >= 15 is 0 Å². The van der Waals surface area contributed by atoms with Crippen molar-refractivity contribution in [3.63, 3.8) is 0 Å². The van der Waals surface area contributed by atoms with Gasteiger partial charge in [0.2, 0.25) is 0 Å². The van der Waals surface area contributed by atoms with Crippen molar-refractivity contribution in [2.45, 2.75) is 26.3 Å². The predicted octanol–water partition coefficient (Wildman–Crippen LogP) is 3.47. The molecule has 1 atom stereocenters. The molecule has 2 aliphatic carbocycles. The number of carbonyl (C=O) groups excluding carboxylic acids is 1. The summed E-state index contributed by atoms with van der Waals surface area (Å²) in [5.41, 5.74) is 3.55. The number of rotatable bonds is 3. The fraction of sp³-hybridized carbons (Fsp3) is 0.300. The minimum absolute atomic E-state index is 0.00211. The molecule has 4 rings (SSSR count). The number of carbonyl (C=O) groups is 1. The van der Waals surface area contributed by atoms with E-state index in [1.54, 1.807) is 6.08 Å². The Morgan fingerprint density at radius 3 is 2.67 bits per heavy atom. The highest BCUT2D eigenvalue weighted by Crippen LogP contribution is 2.34. The molecule has 0 amide bonds. The van der Waals surface area contributed by atoms with E-state index in [2.05, 4.69) is 30.9 Å². The van der Waals surface area contributed by atoms with E-state index < -0.39 is 0 Å². The second kappa shape index (κ2) is 5.78. The number of benzene rings is 1. The van der Waals surface area contributed by atoms with E-state index in [9.17, 15) is 4.79 Å². The Morgan fingerprint density at radius 2 is 1.92 bits per heavy atom. The van der Waals surface area contributed by atoms with Crippen molar-refractivity contribution >= 4 is 11.5 Å². The van der Waals surface area contributed by atoms with Crippen LogP contribution < -0.4 is 0 Å². The van der Waals surface area contributed by atoms with Gasteiger partial charge in [-0.1, -0.05) is 30.3 Å². The predicted molar refractivity (Wildman–Crippen MR) is 94.0 cm³/mol. The van der Waals surface area contributed by atoms with E-state index in [-0.39, 0.29) is 11.8 Å². The SMILES string of the molecule is CCN(CC)C1=CC[C@H]2N=C3C(=CC(=O)c4ccccc43)OC2=C1. The lowest BCUT2D eigenvalue weighted by atomic mass is 9.91. The van der Waals surface area contributed by atoms with Gasteiger partial charge in [0.25, 0.3) is 0 Å². The minimum atomic E-state index is -0.0195. The molecular weight excluding hydrogens is 300 g/mol. The highest BCUT2D eigenvalue weighted by molar-refractivity contribution is 6.26. The topological polar surface area (TPSA) is 41.9 Å². The number of allylic oxidation sites excluding steroid dienone is 3. The first-order chi connectivity index (χ1) is 11.7. The standard InChI is InChI=1S/C20H20N2O2/c1-3-22(4-2)13-9-10-16-18(11-13)24-19-12-17(23)14-7-5-6-8-15(14)20(19)21-16/h5-9,11-12,16H,3-4,10H2,1-2H3/t16-/m1/s1. The Morgan fingerprint density at radius 1 is 1.17 bits per heavy atom. The molecule has 122 valence electrons. The molecule has 1 aromatic rings. The zero-order chi connectivity index (χ0) is 16.7. The van der Waals surface area contributed by atoms with Gasteiger partial charge in [0.15, 0.2) is 11.5 Å². The molecule has 1 aliphatic heterocycles. The lowest BCUT2D eigenvalue weighted by molar-refractivity contribution is 0.104. The molecule has 1 aromatic carbocycles. The molecule has 4 nitrogen and oxygen atoms in total. The number of hydrogen-bond acceptors (Lipinski definition) is 4. The largest absolute Gasteiger partial charge is 0.457 e. The molecule has 0 saturated carbocycles. The van der Waals surface area contributed by atoms with Crippen LogP contribution in [0.15, 0.2) is 64.7 Å².